The molecule has 2 amide bonds. The second-order valence-corrected chi connectivity index (χ2v) is 5.24. The lowest BCUT2D eigenvalue weighted by Gasteiger charge is -2.27. The van der Waals surface area contributed by atoms with Gasteiger partial charge in [-0.1, -0.05) is 42.5 Å². The molecule has 0 bridgehead atoms. The van der Waals surface area contributed by atoms with E-state index in [4.69, 9.17) is 0 Å². The van der Waals surface area contributed by atoms with Gasteiger partial charge in [0.15, 0.2) is 0 Å². The summed E-state index contributed by atoms with van der Waals surface area (Å²) in [5, 5.41) is 15.7. The summed E-state index contributed by atoms with van der Waals surface area (Å²) in [5.74, 6) is 0. The molecule has 1 aliphatic rings. The number of hydrogen-bond donors (Lipinski definition) is 3. The number of amides is 2. The van der Waals surface area contributed by atoms with E-state index in [1.165, 1.54) is 5.56 Å². The Kier molecular flexibility index (Phi) is 5.18. The Morgan fingerprint density at radius 3 is 2.75 bits per heavy atom. The molecule has 3 N–H and O–H groups in total. The molecule has 108 valence electrons. The van der Waals surface area contributed by atoms with Crippen LogP contribution in [0.1, 0.15) is 24.8 Å². The van der Waals surface area contributed by atoms with Crippen molar-refractivity contribution in [3.8, 4) is 0 Å². The van der Waals surface area contributed by atoms with Gasteiger partial charge in [-0.25, -0.2) is 4.79 Å². The fraction of sp³-hybridized carbons (Fsp3) is 0.438. The molecule has 0 radical (unpaired) electrons. The summed E-state index contributed by atoms with van der Waals surface area (Å²) in [6.45, 7) is 0.852. The van der Waals surface area contributed by atoms with Crippen molar-refractivity contribution in [1.29, 1.82) is 0 Å². The molecule has 4 heteroatoms. The van der Waals surface area contributed by atoms with Crippen LogP contribution in [0.2, 0.25) is 0 Å². The smallest absolute Gasteiger partial charge is 0.314 e. The topological polar surface area (TPSA) is 61.4 Å². The van der Waals surface area contributed by atoms with Gasteiger partial charge in [-0.05, 0) is 31.2 Å². The maximum atomic E-state index is 11.7. The highest BCUT2D eigenvalue weighted by molar-refractivity contribution is 5.73. The number of aliphatic hydroxyl groups is 1. The summed E-state index contributed by atoms with van der Waals surface area (Å²) >= 11 is 0. The maximum Gasteiger partial charge on any atom is 0.314 e. The van der Waals surface area contributed by atoms with Crippen LogP contribution in [0.5, 0.6) is 0 Å². The van der Waals surface area contributed by atoms with Crippen molar-refractivity contribution in [2.75, 3.05) is 13.1 Å². The number of hydrogen-bond acceptors (Lipinski definition) is 2. The van der Waals surface area contributed by atoms with Gasteiger partial charge in [-0.3, -0.25) is 0 Å². The Morgan fingerprint density at radius 1 is 1.25 bits per heavy atom. The zero-order chi connectivity index (χ0) is 14.3. The Hall–Kier alpha value is -1.81. The molecule has 1 aromatic rings. The lowest BCUT2D eigenvalue weighted by Crippen LogP contribution is -2.46. The second-order valence-electron chi connectivity index (χ2n) is 5.24. The largest absolute Gasteiger partial charge is 0.384 e. The molecule has 1 aromatic carbocycles. The average Bonchev–Trinajstić information content (AvgIpc) is 2.47. The van der Waals surface area contributed by atoms with Gasteiger partial charge in [0.25, 0.3) is 0 Å². The van der Waals surface area contributed by atoms with Crippen LogP contribution in [0.15, 0.2) is 42.5 Å². The summed E-state index contributed by atoms with van der Waals surface area (Å²) < 4.78 is 0. The number of benzene rings is 1. The van der Waals surface area contributed by atoms with Crippen LogP contribution in [-0.4, -0.2) is 29.8 Å². The SMILES string of the molecule is O=C(NCCc1ccccc1)NC[C@]1(O)C=CCCC1. The van der Waals surface area contributed by atoms with E-state index in [0.29, 0.717) is 13.0 Å². The quantitative estimate of drug-likeness (QED) is 0.719. The molecule has 20 heavy (non-hydrogen) atoms. The molecule has 0 unspecified atom stereocenters. The van der Waals surface area contributed by atoms with E-state index in [2.05, 4.69) is 10.6 Å². The molecule has 0 saturated carbocycles. The van der Waals surface area contributed by atoms with Crippen LogP contribution in [0.25, 0.3) is 0 Å². The van der Waals surface area contributed by atoms with Crippen LogP contribution < -0.4 is 10.6 Å². The highest BCUT2D eigenvalue weighted by atomic mass is 16.3. The van der Waals surface area contributed by atoms with Gasteiger partial charge in [0, 0.05) is 6.54 Å². The van der Waals surface area contributed by atoms with Crippen molar-refractivity contribution in [2.45, 2.75) is 31.3 Å². The summed E-state index contributed by atoms with van der Waals surface area (Å²) in [6, 6.07) is 9.79. The van der Waals surface area contributed by atoms with Crippen molar-refractivity contribution < 1.29 is 9.90 Å². The molecule has 1 atom stereocenters. The second kappa shape index (κ2) is 7.10. The van der Waals surface area contributed by atoms with Gasteiger partial charge in [0.1, 0.15) is 5.60 Å². The number of urea groups is 1. The molecule has 0 fully saturated rings. The van der Waals surface area contributed by atoms with Gasteiger partial charge in [0.05, 0.1) is 6.54 Å². The fourth-order valence-corrected chi connectivity index (χ4v) is 2.32. The van der Waals surface area contributed by atoms with Crippen LogP contribution in [-0.2, 0) is 6.42 Å². The summed E-state index contributed by atoms with van der Waals surface area (Å²) in [7, 11) is 0. The fourth-order valence-electron chi connectivity index (χ4n) is 2.32. The molecule has 0 aliphatic heterocycles. The van der Waals surface area contributed by atoms with Gasteiger partial charge in [-0.15, -0.1) is 0 Å². The van der Waals surface area contributed by atoms with Crippen LogP contribution in [0.3, 0.4) is 0 Å². The number of allylic oxidation sites excluding steroid dienone is 1. The first-order valence-corrected chi connectivity index (χ1v) is 7.14. The molecule has 2 rings (SSSR count). The minimum Gasteiger partial charge on any atom is -0.384 e. The zero-order valence-corrected chi connectivity index (χ0v) is 11.6. The van der Waals surface area contributed by atoms with Gasteiger partial charge in [0.2, 0.25) is 0 Å². The monoisotopic (exact) mass is 274 g/mol. The van der Waals surface area contributed by atoms with E-state index < -0.39 is 5.60 Å². The van der Waals surface area contributed by atoms with Gasteiger partial charge < -0.3 is 15.7 Å². The van der Waals surface area contributed by atoms with Gasteiger partial charge in [-0.2, -0.15) is 0 Å². The van der Waals surface area contributed by atoms with Crippen molar-refractivity contribution in [2.24, 2.45) is 0 Å². The maximum absolute atomic E-state index is 11.7. The van der Waals surface area contributed by atoms with Crippen LogP contribution in [0, 0.1) is 0 Å². The lowest BCUT2D eigenvalue weighted by molar-refractivity contribution is 0.0762. The summed E-state index contributed by atoms with van der Waals surface area (Å²) in [5.41, 5.74) is 0.316. The Morgan fingerprint density at radius 2 is 2.05 bits per heavy atom. The standard InChI is InChI=1S/C16H22N2O2/c19-15(17-12-9-14-7-3-1-4-8-14)18-13-16(20)10-5-2-6-11-16/h1,3-5,7-8,10,20H,2,6,9,11-13H2,(H2,17,18,19)/t16-/m0/s1. The van der Waals surface area contributed by atoms with E-state index in [-0.39, 0.29) is 12.6 Å². The first-order valence-electron chi connectivity index (χ1n) is 7.14. The van der Waals surface area contributed by atoms with Crippen LogP contribution in [0.4, 0.5) is 4.79 Å². The van der Waals surface area contributed by atoms with E-state index >= 15 is 0 Å². The van der Waals surface area contributed by atoms with E-state index in [9.17, 15) is 9.90 Å². The molecule has 0 heterocycles. The number of carbonyl (C=O) groups excluding carboxylic acids is 1. The molecule has 0 aromatic heterocycles. The van der Waals surface area contributed by atoms with Crippen molar-refractivity contribution in [3.05, 3.63) is 48.0 Å². The molecule has 0 spiro atoms. The van der Waals surface area contributed by atoms with Gasteiger partial charge >= 0.3 is 6.03 Å². The zero-order valence-electron chi connectivity index (χ0n) is 11.6. The summed E-state index contributed by atoms with van der Waals surface area (Å²) in [6.07, 6.45) is 7.24. The van der Waals surface area contributed by atoms with E-state index in [0.717, 1.165) is 19.3 Å². The third-order valence-corrected chi connectivity index (χ3v) is 3.51. The number of rotatable bonds is 5. The normalized spacial score (nSPS) is 21.4. The van der Waals surface area contributed by atoms with Crippen LogP contribution >= 0.6 is 0 Å². The minimum atomic E-state index is -0.880. The van der Waals surface area contributed by atoms with Crippen molar-refractivity contribution in [3.63, 3.8) is 0 Å². The molecular formula is C16H22N2O2. The third kappa shape index (κ3) is 4.70. The first-order chi connectivity index (χ1) is 9.68. The lowest BCUT2D eigenvalue weighted by atomic mass is 9.91. The highest BCUT2D eigenvalue weighted by Crippen LogP contribution is 2.20. The molecule has 0 saturated heterocycles. The number of nitrogens with one attached hydrogen (secondary N) is 2. The highest BCUT2D eigenvalue weighted by Gasteiger charge is 2.25. The predicted octanol–water partition coefficient (Wildman–Crippen LogP) is 2.00. The minimum absolute atomic E-state index is 0.228. The third-order valence-electron chi connectivity index (χ3n) is 3.51. The molecular weight excluding hydrogens is 252 g/mol. The predicted molar refractivity (Wildman–Crippen MR) is 79.5 cm³/mol. The Labute approximate surface area is 119 Å². The van der Waals surface area contributed by atoms with Crippen molar-refractivity contribution >= 4 is 6.03 Å². The van der Waals surface area contributed by atoms with Crippen molar-refractivity contribution in [1.82, 2.24) is 10.6 Å². The molecule has 4 nitrogen and oxygen atoms in total. The van der Waals surface area contributed by atoms with E-state index in [1.54, 1.807) is 6.08 Å². The Balaban J connectivity index is 1.65. The summed E-state index contributed by atoms with van der Waals surface area (Å²) in [4.78, 5) is 11.7. The number of carbonyl (C=O) groups is 1. The Bertz CT molecular complexity index is 459. The van der Waals surface area contributed by atoms with E-state index in [1.807, 2.05) is 36.4 Å². The average molecular weight is 274 g/mol. The first kappa shape index (κ1) is 14.6. The molecule has 1 aliphatic carbocycles.